The molecule has 0 aliphatic heterocycles. The Morgan fingerprint density at radius 2 is 1.76 bits per heavy atom. The van der Waals surface area contributed by atoms with E-state index in [0.717, 1.165) is 12.8 Å². The summed E-state index contributed by atoms with van der Waals surface area (Å²) in [4.78, 5) is 11.8. The number of hydrogen-bond donors (Lipinski definition) is 2. The minimum absolute atomic E-state index is 0.205. The van der Waals surface area contributed by atoms with Gasteiger partial charge in [-0.3, -0.25) is 0 Å². The van der Waals surface area contributed by atoms with Crippen LogP contribution in [0.1, 0.15) is 52.1 Å². The molecule has 0 bridgehead atoms. The lowest BCUT2D eigenvalue weighted by molar-refractivity contribution is 0.0463. The number of carbonyl (C=O) groups excluding carboxylic acids is 1. The molecule has 0 spiro atoms. The molecule has 1 aliphatic carbocycles. The summed E-state index contributed by atoms with van der Waals surface area (Å²) >= 11 is 0. The van der Waals surface area contributed by atoms with E-state index < -0.39 is 5.60 Å². The van der Waals surface area contributed by atoms with Crippen molar-refractivity contribution in [2.24, 2.45) is 0 Å². The number of amides is 1. The maximum Gasteiger partial charge on any atom is 0.407 e. The third-order valence-corrected chi connectivity index (χ3v) is 4.62. The van der Waals surface area contributed by atoms with Crippen molar-refractivity contribution in [1.29, 1.82) is 0 Å². The lowest BCUT2D eigenvalue weighted by Gasteiger charge is -2.38. The van der Waals surface area contributed by atoms with Crippen molar-refractivity contribution in [2.45, 2.75) is 64.3 Å². The molecule has 4 nitrogen and oxygen atoms in total. The van der Waals surface area contributed by atoms with Crippen molar-refractivity contribution >= 4 is 16.9 Å². The molecule has 1 atom stereocenters. The second kappa shape index (κ2) is 7.04. The highest BCUT2D eigenvalue weighted by molar-refractivity contribution is 5.83. The van der Waals surface area contributed by atoms with E-state index >= 15 is 0 Å². The third-order valence-electron chi connectivity index (χ3n) is 4.62. The first-order chi connectivity index (χ1) is 11.8. The van der Waals surface area contributed by atoms with E-state index in [1.54, 1.807) is 0 Å². The van der Waals surface area contributed by atoms with Gasteiger partial charge < -0.3 is 15.4 Å². The van der Waals surface area contributed by atoms with Crippen LogP contribution in [0.4, 0.5) is 4.79 Å². The van der Waals surface area contributed by atoms with Crippen LogP contribution in [-0.4, -0.2) is 23.8 Å². The Bertz CT molecular complexity index is 745. The average molecular weight is 340 g/mol. The van der Waals surface area contributed by atoms with Gasteiger partial charge in [-0.2, -0.15) is 0 Å². The normalized spacial score (nSPS) is 21.4. The first-order valence-electron chi connectivity index (χ1n) is 9.04. The molecule has 1 amide bonds. The second-order valence-corrected chi connectivity index (χ2v) is 8.01. The van der Waals surface area contributed by atoms with E-state index in [2.05, 4.69) is 60.0 Å². The number of benzene rings is 2. The number of ether oxygens (including phenoxy) is 1. The minimum atomic E-state index is -0.448. The summed E-state index contributed by atoms with van der Waals surface area (Å²) in [5.41, 5.74) is 0.845. The Balaban J connectivity index is 1.48. The summed E-state index contributed by atoms with van der Waals surface area (Å²) < 4.78 is 5.30. The molecule has 2 N–H and O–H groups in total. The van der Waals surface area contributed by atoms with E-state index in [9.17, 15) is 4.79 Å². The van der Waals surface area contributed by atoms with Gasteiger partial charge in [-0.15, -0.1) is 0 Å². The van der Waals surface area contributed by atoms with Crippen molar-refractivity contribution in [1.82, 2.24) is 10.6 Å². The van der Waals surface area contributed by atoms with E-state index in [1.165, 1.54) is 16.3 Å². The fourth-order valence-electron chi connectivity index (χ4n) is 3.27. The standard InChI is InChI=1S/C21H28N2O2/c1-14(16-10-9-15-7-5-6-8-17(15)11-16)22-18-12-19(13-18)23-20(24)25-21(2,3)4/h5-11,14,18-19,22H,12-13H2,1-4H3,(H,23,24). The summed E-state index contributed by atoms with van der Waals surface area (Å²) in [6.07, 6.45) is 1.56. The largest absolute Gasteiger partial charge is 0.444 e. The predicted octanol–water partition coefficient (Wildman–Crippen LogP) is 4.55. The van der Waals surface area contributed by atoms with Crippen LogP contribution in [0.15, 0.2) is 42.5 Å². The minimum Gasteiger partial charge on any atom is -0.444 e. The molecule has 0 saturated heterocycles. The monoisotopic (exact) mass is 340 g/mol. The van der Waals surface area contributed by atoms with Crippen LogP contribution in [-0.2, 0) is 4.74 Å². The van der Waals surface area contributed by atoms with Gasteiger partial charge >= 0.3 is 6.09 Å². The van der Waals surface area contributed by atoms with Crippen molar-refractivity contribution in [3.63, 3.8) is 0 Å². The van der Waals surface area contributed by atoms with Gasteiger partial charge in [-0.25, -0.2) is 4.79 Å². The average Bonchev–Trinajstić information content (AvgIpc) is 2.50. The Morgan fingerprint density at radius 3 is 2.44 bits per heavy atom. The van der Waals surface area contributed by atoms with Gasteiger partial charge in [0, 0.05) is 18.1 Å². The molecule has 134 valence electrons. The van der Waals surface area contributed by atoms with Gasteiger partial charge in [0.15, 0.2) is 0 Å². The van der Waals surface area contributed by atoms with Crippen molar-refractivity contribution in [2.75, 3.05) is 0 Å². The number of fused-ring (bicyclic) bond motifs is 1. The fraction of sp³-hybridized carbons (Fsp3) is 0.476. The number of hydrogen-bond acceptors (Lipinski definition) is 3. The number of carbonyl (C=O) groups is 1. The molecule has 3 rings (SSSR count). The fourth-order valence-corrected chi connectivity index (χ4v) is 3.27. The zero-order chi connectivity index (χ0) is 18.0. The predicted molar refractivity (Wildman–Crippen MR) is 102 cm³/mol. The third kappa shape index (κ3) is 4.73. The van der Waals surface area contributed by atoms with Crippen molar-refractivity contribution < 1.29 is 9.53 Å². The Hall–Kier alpha value is -2.07. The summed E-state index contributed by atoms with van der Waals surface area (Å²) in [7, 11) is 0. The maximum atomic E-state index is 11.8. The molecule has 1 fully saturated rings. The molecule has 1 saturated carbocycles. The van der Waals surface area contributed by atoms with Crippen LogP contribution in [0, 0.1) is 0 Å². The molecule has 1 unspecified atom stereocenters. The molecular formula is C21H28N2O2. The quantitative estimate of drug-likeness (QED) is 0.859. The van der Waals surface area contributed by atoms with Gasteiger partial charge in [-0.05, 0) is 62.9 Å². The number of nitrogens with one attached hydrogen (secondary N) is 2. The Labute approximate surface area is 149 Å². The van der Waals surface area contributed by atoms with E-state index in [1.807, 2.05) is 20.8 Å². The highest BCUT2D eigenvalue weighted by Crippen LogP contribution is 2.26. The van der Waals surface area contributed by atoms with Gasteiger partial charge in [0.2, 0.25) is 0 Å². The van der Waals surface area contributed by atoms with Crippen LogP contribution >= 0.6 is 0 Å². The van der Waals surface area contributed by atoms with Gasteiger partial charge in [-0.1, -0.05) is 36.4 Å². The molecule has 2 aromatic carbocycles. The Kier molecular flexibility index (Phi) is 5.00. The van der Waals surface area contributed by atoms with Crippen molar-refractivity contribution in [3.05, 3.63) is 48.0 Å². The van der Waals surface area contributed by atoms with Crippen LogP contribution in [0.2, 0.25) is 0 Å². The van der Waals surface area contributed by atoms with Crippen LogP contribution in [0.25, 0.3) is 10.8 Å². The first-order valence-corrected chi connectivity index (χ1v) is 9.04. The molecule has 0 radical (unpaired) electrons. The SMILES string of the molecule is CC(NC1CC(NC(=O)OC(C)(C)C)C1)c1ccc2ccccc2c1. The summed E-state index contributed by atoms with van der Waals surface area (Å²) in [6.45, 7) is 7.83. The highest BCUT2D eigenvalue weighted by Gasteiger charge is 2.32. The molecule has 0 aromatic heterocycles. The smallest absolute Gasteiger partial charge is 0.407 e. The summed E-state index contributed by atoms with van der Waals surface area (Å²) in [6, 6.07) is 16.0. The topological polar surface area (TPSA) is 50.4 Å². The first kappa shape index (κ1) is 17.7. The van der Waals surface area contributed by atoms with Crippen LogP contribution < -0.4 is 10.6 Å². The van der Waals surface area contributed by atoms with Gasteiger partial charge in [0.25, 0.3) is 0 Å². The molecule has 0 heterocycles. The molecule has 2 aromatic rings. The van der Waals surface area contributed by atoms with Crippen LogP contribution in [0.3, 0.4) is 0 Å². The van der Waals surface area contributed by atoms with Crippen molar-refractivity contribution in [3.8, 4) is 0 Å². The second-order valence-electron chi connectivity index (χ2n) is 8.01. The lowest BCUT2D eigenvalue weighted by Crippen LogP contribution is -2.53. The zero-order valence-electron chi connectivity index (χ0n) is 15.5. The van der Waals surface area contributed by atoms with Gasteiger partial charge in [0.05, 0.1) is 0 Å². The number of alkyl carbamates (subject to hydrolysis) is 1. The maximum absolute atomic E-state index is 11.8. The Morgan fingerprint density at radius 1 is 1.08 bits per heavy atom. The molecule has 25 heavy (non-hydrogen) atoms. The zero-order valence-corrected chi connectivity index (χ0v) is 15.5. The molecule has 1 aliphatic rings. The molecule has 4 heteroatoms. The lowest BCUT2D eigenvalue weighted by atomic mass is 9.86. The molecular weight excluding hydrogens is 312 g/mol. The summed E-state index contributed by atoms with van der Waals surface area (Å²) in [5, 5.41) is 9.13. The van der Waals surface area contributed by atoms with E-state index in [-0.39, 0.29) is 18.2 Å². The number of rotatable bonds is 4. The van der Waals surface area contributed by atoms with Gasteiger partial charge in [0.1, 0.15) is 5.60 Å². The highest BCUT2D eigenvalue weighted by atomic mass is 16.6. The van der Waals surface area contributed by atoms with E-state index in [4.69, 9.17) is 4.74 Å². The van der Waals surface area contributed by atoms with E-state index in [0.29, 0.717) is 6.04 Å². The van der Waals surface area contributed by atoms with Crippen LogP contribution in [0.5, 0.6) is 0 Å². The summed E-state index contributed by atoms with van der Waals surface area (Å²) in [5.74, 6) is 0.